The Labute approximate surface area is 119 Å². The molecule has 0 fully saturated rings. The van der Waals surface area contributed by atoms with E-state index in [0.717, 1.165) is 0 Å². The molecule has 0 unspecified atom stereocenters. The number of ether oxygens (including phenoxy) is 1. The summed E-state index contributed by atoms with van der Waals surface area (Å²) in [6, 6.07) is 7.05. The molecule has 5 nitrogen and oxygen atoms in total. The molecule has 0 atom stereocenters. The van der Waals surface area contributed by atoms with Gasteiger partial charge in [-0.15, -0.1) is 0 Å². The monoisotopic (exact) mass is 278 g/mol. The Hall–Kier alpha value is -2.04. The van der Waals surface area contributed by atoms with Crippen LogP contribution in [0.25, 0.3) is 0 Å². The number of carbonyl (C=O) groups excluding carboxylic acids is 2. The van der Waals surface area contributed by atoms with E-state index in [1.165, 1.54) is 7.11 Å². The highest BCUT2D eigenvalue weighted by atomic mass is 16.5. The Balaban J connectivity index is 2.85. The van der Waals surface area contributed by atoms with Gasteiger partial charge in [-0.1, -0.05) is 12.1 Å². The largest absolute Gasteiger partial charge is 0.465 e. The lowest BCUT2D eigenvalue weighted by atomic mass is 10.1. The molecule has 1 amide bonds. The molecule has 1 aromatic carbocycles. The van der Waals surface area contributed by atoms with Crippen LogP contribution in [0.4, 0.5) is 5.69 Å². The number of nitrogens with one attached hydrogen (secondary N) is 1. The van der Waals surface area contributed by atoms with Gasteiger partial charge in [-0.2, -0.15) is 0 Å². The standard InChI is InChI=1S/C15H22N2O3/c1-15(2,3)16-13(18)10-17(4)12-9-7-6-8-11(12)14(19)20-5/h6-9H,10H2,1-5H3,(H,16,18). The number of likely N-dealkylation sites (N-methyl/N-ethyl adjacent to an activating group) is 1. The number of hydrogen-bond acceptors (Lipinski definition) is 4. The van der Waals surface area contributed by atoms with E-state index in [1.807, 2.05) is 26.8 Å². The number of esters is 1. The van der Waals surface area contributed by atoms with E-state index in [9.17, 15) is 9.59 Å². The van der Waals surface area contributed by atoms with E-state index in [4.69, 9.17) is 4.74 Å². The van der Waals surface area contributed by atoms with Crippen molar-refractivity contribution in [2.45, 2.75) is 26.3 Å². The molecule has 0 saturated carbocycles. The lowest BCUT2D eigenvalue weighted by Crippen LogP contribution is -2.45. The molecule has 0 aliphatic heterocycles. The molecular formula is C15H22N2O3. The quantitative estimate of drug-likeness (QED) is 0.854. The van der Waals surface area contributed by atoms with Crippen LogP contribution < -0.4 is 10.2 Å². The van der Waals surface area contributed by atoms with Crippen molar-refractivity contribution in [1.29, 1.82) is 0 Å². The van der Waals surface area contributed by atoms with Gasteiger partial charge in [0, 0.05) is 12.6 Å². The maximum atomic E-state index is 11.9. The summed E-state index contributed by atoms with van der Waals surface area (Å²) < 4.78 is 4.75. The highest BCUT2D eigenvalue weighted by Gasteiger charge is 2.18. The summed E-state index contributed by atoms with van der Waals surface area (Å²) in [6.45, 7) is 5.94. The number of hydrogen-bond donors (Lipinski definition) is 1. The lowest BCUT2D eigenvalue weighted by molar-refractivity contribution is -0.121. The van der Waals surface area contributed by atoms with E-state index < -0.39 is 5.97 Å². The van der Waals surface area contributed by atoms with Gasteiger partial charge >= 0.3 is 5.97 Å². The average molecular weight is 278 g/mol. The molecule has 1 N–H and O–H groups in total. The van der Waals surface area contributed by atoms with Crippen molar-refractivity contribution in [3.05, 3.63) is 29.8 Å². The Morgan fingerprint density at radius 2 is 1.85 bits per heavy atom. The second-order valence-electron chi connectivity index (χ2n) is 5.66. The first kappa shape index (κ1) is 16.0. The normalized spacial score (nSPS) is 10.8. The third-order valence-corrected chi connectivity index (χ3v) is 2.62. The third kappa shape index (κ3) is 4.57. The van der Waals surface area contributed by atoms with Crippen molar-refractivity contribution < 1.29 is 14.3 Å². The molecular weight excluding hydrogens is 256 g/mol. The zero-order valence-corrected chi connectivity index (χ0v) is 12.7. The first-order valence-corrected chi connectivity index (χ1v) is 6.44. The van der Waals surface area contributed by atoms with Gasteiger partial charge in [-0.05, 0) is 32.9 Å². The summed E-state index contributed by atoms with van der Waals surface area (Å²) in [5, 5.41) is 2.89. The maximum absolute atomic E-state index is 11.9. The fourth-order valence-corrected chi connectivity index (χ4v) is 1.85. The van der Waals surface area contributed by atoms with Crippen molar-refractivity contribution in [1.82, 2.24) is 5.32 Å². The van der Waals surface area contributed by atoms with Gasteiger partial charge in [0.15, 0.2) is 0 Å². The van der Waals surface area contributed by atoms with Gasteiger partial charge in [0.1, 0.15) is 0 Å². The first-order chi connectivity index (χ1) is 9.24. The van der Waals surface area contributed by atoms with E-state index in [0.29, 0.717) is 11.3 Å². The number of rotatable bonds is 4. The molecule has 0 bridgehead atoms. The summed E-state index contributed by atoms with van der Waals surface area (Å²) >= 11 is 0. The van der Waals surface area contributed by atoms with Gasteiger partial charge in [-0.3, -0.25) is 4.79 Å². The second kappa shape index (κ2) is 6.41. The Morgan fingerprint density at radius 1 is 1.25 bits per heavy atom. The molecule has 0 aliphatic carbocycles. The molecule has 0 aliphatic rings. The van der Waals surface area contributed by atoms with Crippen molar-refractivity contribution in [3.63, 3.8) is 0 Å². The zero-order chi connectivity index (χ0) is 15.3. The SMILES string of the molecule is COC(=O)c1ccccc1N(C)CC(=O)NC(C)(C)C. The van der Waals surface area contributed by atoms with Crippen LogP contribution in [0.3, 0.4) is 0 Å². The molecule has 0 spiro atoms. The zero-order valence-electron chi connectivity index (χ0n) is 12.7. The van der Waals surface area contributed by atoms with Gasteiger partial charge in [0.05, 0.1) is 24.9 Å². The first-order valence-electron chi connectivity index (χ1n) is 6.44. The van der Waals surface area contributed by atoms with E-state index in [1.54, 1.807) is 30.1 Å². The van der Waals surface area contributed by atoms with Gasteiger partial charge < -0.3 is 15.0 Å². The van der Waals surface area contributed by atoms with Crippen LogP contribution in [0.2, 0.25) is 0 Å². The van der Waals surface area contributed by atoms with Gasteiger partial charge in [0.25, 0.3) is 0 Å². The van der Waals surface area contributed by atoms with E-state index >= 15 is 0 Å². The molecule has 0 heterocycles. The summed E-state index contributed by atoms with van der Waals surface area (Å²) in [5.41, 5.74) is 0.837. The molecule has 0 saturated heterocycles. The average Bonchev–Trinajstić information content (AvgIpc) is 2.35. The minimum absolute atomic E-state index is 0.0975. The van der Waals surface area contributed by atoms with Crippen LogP contribution in [-0.2, 0) is 9.53 Å². The number of methoxy groups -OCH3 is 1. The van der Waals surface area contributed by atoms with Gasteiger partial charge in [0.2, 0.25) is 5.91 Å². The molecule has 5 heteroatoms. The number of anilines is 1. The Morgan fingerprint density at radius 3 is 2.40 bits per heavy atom. The number of benzene rings is 1. The highest BCUT2D eigenvalue weighted by Crippen LogP contribution is 2.19. The van der Waals surface area contributed by atoms with Crippen LogP contribution in [-0.4, -0.2) is 38.1 Å². The predicted molar refractivity (Wildman–Crippen MR) is 78.9 cm³/mol. The molecule has 110 valence electrons. The summed E-state index contributed by atoms with van der Waals surface area (Å²) in [4.78, 5) is 25.4. The third-order valence-electron chi connectivity index (χ3n) is 2.62. The predicted octanol–water partition coefficient (Wildman–Crippen LogP) is 1.82. The van der Waals surface area contributed by atoms with Crippen molar-refractivity contribution in [2.75, 3.05) is 25.6 Å². The fourth-order valence-electron chi connectivity index (χ4n) is 1.85. The van der Waals surface area contributed by atoms with E-state index in [-0.39, 0.29) is 18.0 Å². The number of amides is 1. The van der Waals surface area contributed by atoms with Crippen molar-refractivity contribution >= 4 is 17.6 Å². The maximum Gasteiger partial charge on any atom is 0.339 e. The Bertz CT molecular complexity index is 492. The van der Waals surface area contributed by atoms with Crippen molar-refractivity contribution in [3.8, 4) is 0 Å². The lowest BCUT2D eigenvalue weighted by Gasteiger charge is -2.25. The van der Waals surface area contributed by atoms with Crippen LogP contribution in [0.5, 0.6) is 0 Å². The molecule has 0 aromatic heterocycles. The Kier molecular flexibility index (Phi) is 5.13. The topological polar surface area (TPSA) is 58.6 Å². The van der Waals surface area contributed by atoms with Crippen LogP contribution >= 0.6 is 0 Å². The van der Waals surface area contributed by atoms with Crippen LogP contribution in [0, 0.1) is 0 Å². The van der Waals surface area contributed by atoms with Crippen molar-refractivity contribution in [2.24, 2.45) is 0 Å². The fraction of sp³-hybridized carbons (Fsp3) is 0.467. The smallest absolute Gasteiger partial charge is 0.339 e. The molecule has 1 rings (SSSR count). The number of nitrogens with zero attached hydrogens (tertiary/aromatic N) is 1. The summed E-state index contributed by atoms with van der Waals surface area (Å²) in [5.74, 6) is -0.511. The van der Waals surface area contributed by atoms with Gasteiger partial charge in [-0.25, -0.2) is 4.79 Å². The van der Waals surface area contributed by atoms with E-state index in [2.05, 4.69) is 5.32 Å². The minimum atomic E-state index is -0.413. The number of para-hydroxylation sites is 1. The molecule has 20 heavy (non-hydrogen) atoms. The van der Waals surface area contributed by atoms with Crippen LogP contribution in [0.15, 0.2) is 24.3 Å². The summed E-state index contributed by atoms with van der Waals surface area (Å²) in [7, 11) is 3.11. The second-order valence-corrected chi connectivity index (χ2v) is 5.66. The minimum Gasteiger partial charge on any atom is -0.465 e. The van der Waals surface area contributed by atoms with Crippen LogP contribution in [0.1, 0.15) is 31.1 Å². The highest BCUT2D eigenvalue weighted by molar-refractivity contribution is 5.96. The molecule has 1 aromatic rings. The molecule has 0 radical (unpaired) electrons. The summed E-state index contributed by atoms with van der Waals surface area (Å²) in [6.07, 6.45) is 0. The number of carbonyl (C=O) groups is 2.